The summed E-state index contributed by atoms with van der Waals surface area (Å²) in [6.45, 7) is 5.68. The van der Waals surface area contributed by atoms with E-state index in [1.54, 1.807) is 17.3 Å². The molecule has 0 saturated carbocycles. The van der Waals surface area contributed by atoms with Gasteiger partial charge in [0, 0.05) is 58.0 Å². The third-order valence-electron chi connectivity index (χ3n) is 6.01. The monoisotopic (exact) mass is 437 g/mol. The number of halogens is 3. The first-order valence-corrected chi connectivity index (χ1v) is 10.3. The van der Waals surface area contributed by atoms with Crippen molar-refractivity contribution in [2.75, 3.05) is 51.5 Å². The molecule has 10 heteroatoms. The number of aromatic nitrogens is 2. The van der Waals surface area contributed by atoms with Crippen LogP contribution in [0.15, 0.2) is 24.5 Å². The van der Waals surface area contributed by atoms with Gasteiger partial charge < -0.3 is 14.5 Å². The molecule has 2 saturated heterocycles. The van der Waals surface area contributed by atoms with Crippen molar-refractivity contribution in [1.29, 1.82) is 0 Å². The number of benzene rings is 1. The summed E-state index contributed by atoms with van der Waals surface area (Å²) in [5.41, 5.74) is 0.938. The van der Waals surface area contributed by atoms with Gasteiger partial charge in [0.1, 0.15) is 12.5 Å². The van der Waals surface area contributed by atoms with Crippen LogP contribution in [0.3, 0.4) is 0 Å². The summed E-state index contributed by atoms with van der Waals surface area (Å²) < 4.78 is 47.3. The van der Waals surface area contributed by atoms with Crippen LogP contribution >= 0.6 is 0 Å². The molecule has 0 bridgehead atoms. The zero-order chi connectivity index (χ0) is 22.1. The van der Waals surface area contributed by atoms with E-state index in [1.807, 2.05) is 23.8 Å². The second-order valence-electron chi connectivity index (χ2n) is 8.22. The molecule has 2 unspecified atom stereocenters. The van der Waals surface area contributed by atoms with Gasteiger partial charge in [0.05, 0.1) is 18.1 Å². The van der Waals surface area contributed by atoms with E-state index < -0.39 is 17.5 Å². The second-order valence-corrected chi connectivity index (χ2v) is 8.22. The Balaban J connectivity index is 1.33. The number of anilines is 1. The van der Waals surface area contributed by atoms with Crippen LogP contribution in [0, 0.1) is 29.3 Å². The molecule has 3 heterocycles. The Morgan fingerprint density at radius 3 is 2.48 bits per heavy atom. The third kappa shape index (κ3) is 4.54. The van der Waals surface area contributed by atoms with E-state index in [-0.39, 0.29) is 30.0 Å². The van der Waals surface area contributed by atoms with Crippen LogP contribution in [-0.2, 0) is 11.3 Å². The van der Waals surface area contributed by atoms with Crippen LogP contribution in [0.5, 0.6) is 0 Å². The minimum atomic E-state index is -1.18. The molecule has 0 N–H and O–H groups in total. The maximum Gasteiger partial charge on any atom is 0.344 e. The summed E-state index contributed by atoms with van der Waals surface area (Å²) >= 11 is 0. The number of likely N-dealkylation sites (tertiary alicyclic amines) is 2. The van der Waals surface area contributed by atoms with Crippen molar-refractivity contribution < 1.29 is 22.7 Å². The van der Waals surface area contributed by atoms with Crippen LogP contribution in [0.25, 0.3) is 0 Å². The van der Waals surface area contributed by atoms with Crippen molar-refractivity contribution in [3.63, 3.8) is 0 Å². The molecule has 7 nitrogen and oxygen atoms in total. The molecule has 0 aliphatic carbocycles. The summed E-state index contributed by atoms with van der Waals surface area (Å²) in [6.07, 6.45) is 3.32. The molecule has 31 heavy (non-hydrogen) atoms. The number of carbonyl (C=O) groups is 1. The van der Waals surface area contributed by atoms with E-state index in [0.717, 1.165) is 11.8 Å². The lowest BCUT2D eigenvalue weighted by atomic mass is 10.0. The van der Waals surface area contributed by atoms with Gasteiger partial charge in [-0.1, -0.05) is 0 Å². The van der Waals surface area contributed by atoms with Gasteiger partial charge in [0.2, 0.25) is 0 Å². The van der Waals surface area contributed by atoms with Gasteiger partial charge in [-0.05, 0) is 24.8 Å². The van der Waals surface area contributed by atoms with Crippen molar-refractivity contribution in [3.05, 3.63) is 47.5 Å². The third-order valence-corrected chi connectivity index (χ3v) is 6.01. The molecule has 1 amide bonds. The van der Waals surface area contributed by atoms with Crippen LogP contribution < -0.4 is 4.90 Å². The highest BCUT2D eigenvalue weighted by atomic mass is 19.2. The van der Waals surface area contributed by atoms with Gasteiger partial charge >= 0.3 is 6.03 Å². The van der Waals surface area contributed by atoms with Gasteiger partial charge in [-0.15, -0.1) is 0 Å². The molecule has 168 valence electrons. The van der Waals surface area contributed by atoms with Gasteiger partial charge in [0.15, 0.2) is 11.6 Å². The number of hydrogen-bond acceptors (Lipinski definition) is 5. The summed E-state index contributed by atoms with van der Waals surface area (Å²) in [6, 6.07) is 1.34. The van der Waals surface area contributed by atoms with E-state index in [9.17, 15) is 18.0 Å². The van der Waals surface area contributed by atoms with Gasteiger partial charge in [-0.2, -0.15) is 9.78 Å². The molecule has 1 aromatic carbocycles. The largest absolute Gasteiger partial charge is 0.361 e. The summed E-state index contributed by atoms with van der Waals surface area (Å²) in [5.74, 6) is -2.45. The normalized spacial score (nSPS) is 21.0. The molecule has 0 spiro atoms. The first-order valence-electron chi connectivity index (χ1n) is 10.3. The smallest absolute Gasteiger partial charge is 0.344 e. The predicted octanol–water partition coefficient (Wildman–Crippen LogP) is 2.76. The van der Waals surface area contributed by atoms with Crippen molar-refractivity contribution in [1.82, 2.24) is 19.6 Å². The summed E-state index contributed by atoms with van der Waals surface area (Å²) in [7, 11) is 1.87. The molecule has 2 aliphatic heterocycles. The standard InChI is InChI=1S/C21H26F3N5O2/c1-3-31-13-26(2)17-6-25-29(12-17)21(30)28-10-15-8-27(9-16(15)11-28)7-14-4-19(23)20(24)5-18(14)22/h4-6,12,15-16H,3,7-11,13H2,1-2H3. The van der Waals surface area contributed by atoms with Crippen molar-refractivity contribution in [2.45, 2.75) is 13.5 Å². The average molecular weight is 437 g/mol. The molecule has 2 atom stereocenters. The van der Waals surface area contributed by atoms with Crippen LogP contribution in [0.4, 0.5) is 23.7 Å². The first kappa shape index (κ1) is 21.6. The Labute approximate surface area is 179 Å². The van der Waals surface area contributed by atoms with Crippen molar-refractivity contribution in [2.24, 2.45) is 11.8 Å². The lowest BCUT2D eigenvalue weighted by Crippen LogP contribution is -2.36. The minimum Gasteiger partial charge on any atom is -0.361 e. The number of fused-ring (bicyclic) bond motifs is 1. The van der Waals surface area contributed by atoms with Crippen molar-refractivity contribution in [3.8, 4) is 0 Å². The second kappa shape index (κ2) is 8.88. The lowest BCUT2D eigenvalue weighted by molar-refractivity contribution is 0.151. The highest BCUT2D eigenvalue weighted by Crippen LogP contribution is 2.32. The highest BCUT2D eigenvalue weighted by Gasteiger charge is 2.42. The Morgan fingerprint density at radius 1 is 1.13 bits per heavy atom. The van der Waals surface area contributed by atoms with Crippen LogP contribution in [0.2, 0.25) is 0 Å². The summed E-state index contributed by atoms with van der Waals surface area (Å²) in [5, 5.41) is 4.19. The summed E-state index contributed by atoms with van der Waals surface area (Å²) in [4.78, 5) is 18.5. The average Bonchev–Trinajstić information content (AvgIpc) is 3.44. The van der Waals surface area contributed by atoms with Gasteiger partial charge in [-0.25, -0.2) is 18.0 Å². The Morgan fingerprint density at radius 2 is 1.81 bits per heavy atom. The Bertz CT molecular complexity index is 939. The lowest BCUT2D eigenvalue weighted by Gasteiger charge is -2.21. The predicted molar refractivity (Wildman–Crippen MR) is 108 cm³/mol. The van der Waals surface area contributed by atoms with E-state index in [1.165, 1.54) is 4.68 Å². The maximum atomic E-state index is 13.9. The number of hydrogen-bond donors (Lipinski definition) is 0. The number of carbonyl (C=O) groups excluding carboxylic acids is 1. The molecule has 2 aromatic rings. The first-order chi connectivity index (χ1) is 14.9. The number of ether oxygens (including phenoxy) is 1. The highest BCUT2D eigenvalue weighted by molar-refractivity contribution is 5.77. The Kier molecular flexibility index (Phi) is 6.19. The molecular formula is C21H26F3N5O2. The van der Waals surface area contributed by atoms with E-state index in [0.29, 0.717) is 45.6 Å². The number of amides is 1. The van der Waals surface area contributed by atoms with E-state index >= 15 is 0 Å². The van der Waals surface area contributed by atoms with E-state index in [2.05, 4.69) is 5.10 Å². The quantitative estimate of drug-likeness (QED) is 0.514. The fourth-order valence-corrected chi connectivity index (χ4v) is 4.36. The molecule has 4 rings (SSSR count). The fraction of sp³-hybridized carbons (Fsp3) is 0.524. The Hall–Kier alpha value is -2.59. The number of nitrogens with zero attached hydrogens (tertiary/aromatic N) is 5. The van der Waals surface area contributed by atoms with Gasteiger partial charge in [0.25, 0.3) is 0 Å². The van der Waals surface area contributed by atoms with Crippen molar-refractivity contribution >= 4 is 11.7 Å². The molecule has 2 fully saturated rings. The number of rotatable bonds is 6. The molecule has 1 aromatic heterocycles. The van der Waals surface area contributed by atoms with E-state index in [4.69, 9.17) is 4.74 Å². The van der Waals surface area contributed by atoms with Crippen LogP contribution in [0.1, 0.15) is 12.5 Å². The fourth-order valence-electron chi connectivity index (χ4n) is 4.36. The zero-order valence-electron chi connectivity index (χ0n) is 17.6. The van der Waals surface area contributed by atoms with Crippen LogP contribution in [-0.4, -0.2) is 72.2 Å². The zero-order valence-corrected chi connectivity index (χ0v) is 17.6. The van der Waals surface area contributed by atoms with Gasteiger partial charge in [-0.3, -0.25) is 4.90 Å². The molecule has 2 aliphatic rings. The topological polar surface area (TPSA) is 53.8 Å². The maximum absolute atomic E-state index is 13.9. The minimum absolute atomic E-state index is 0.145. The SMILES string of the molecule is CCOCN(C)c1cnn(C(=O)N2CC3CN(Cc4cc(F)c(F)cc4F)CC3C2)c1. The molecular weight excluding hydrogens is 411 g/mol. The molecule has 0 radical (unpaired) electrons.